The Morgan fingerprint density at radius 2 is 0.791 bits per heavy atom. The summed E-state index contributed by atoms with van der Waals surface area (Å²) in [6.45, 7) is 9.12. The molecule has 0 unspecified atom stereocenters. The molecule has 0 saturated heterocycles. The van der Waals surface area contributed by atoms with Crippen LogP contribution in [0, 0.1) is 0 Å². The van der Waals surface area contributed by atoms with Crippen LogP contribution in [0.25, 0.3) is 16.9 Å². The topological polar surface area (TPSA) is 25.3 Å². The summed E-state index contributed by atoms with van der Waals surface area (Å²) in [7, 11) is 0. The number of aryl methyl sites for hydroxylation is 2. The van der Waals surface area contributed by atoms with Crippen LogP contribution in [-0.2, 0) is 12.8 Å². The van der Waals surface area contributed by atoms with Gasteiger partial charge in [0.2, 0.25) is 11.4 Å². The van der Waals surface area contributed by atoms with Gasteiger partial charge in [-0.2, -0.15) is 0 Å². The molecule has 1 aliphatic rings. The van der Waals surface area contributed by atoms with Gasteiger partial charge in [0.15, 0.2) is 0 Å². The van der Waals surface area contributed by atoms with E-state index in [0.29, 0.717) is 0 Å². The third-order valence-corrected chi connectivity index (χ3v) is 9.21. The molecule has 43 heavy (non-hydrogen) atoms. The predicted octanol–water partition coefficient (Wildman–Crippen LogP) is 13.4. The summed E-state index contributed by atoms with van der Waals surface area (Å²) in [5.41, 5.74) is 22.1. The predicted molar refractivity (Wildman–Crippen MR) is 188 cm³/mol. The van der Waals surface area contributed by atoms with Crippen molar-refractivity contribution in [2.24, 2.45) is 0 Å². The zero-order valence-electron chi connectivity index (χ0n) is 28.4. The zero-order chi connectivity index (χ0) is 30.7. The van der Waals surface area contributed by atoms with E-state index < -0.39 is 0 Å². The quantitative estimate of drug-likeness (QED) is 0.0920. The molecule has 0 bridgehead atoms. The number of allylic oxidation sites excluding steroid dienone is 2. The van der Waals surface area contributed by atoms with Gasteiger partial charge in [0, 0.05) is 22.3 Å². The number of unbranched alkanes of at least 4 members (excludes halogenated alkanes) is 13. The van der Waals surface area contributed by atoms with Crippen LogP contribution in [0.4, 0.5) is 0 Å². The fraction of sp³-hybridized carbons (Fsp3) is 0.610. The van der Waals surface area contributed by atoms with Gasteiger partial charge in [-0.15, -0.1) is 0 Å². The maximum absolute atomic E-state index is 12.1. The van der Waals surface area contributed by atoms with E-state index in [1.165, 1.54) is 143 Å². The molecule has 0 amide bonds. The van der Waals surface area contributed by atoms with Crippen molar-refractivity contribution in [3.63, 3.8) is 0 Å². The molecule has 3 rings (SSSR count). The van der Waals surface area contributed by atoms with Gasteiger partial charge in [-0.25, -0.2) is 4.70 Å². The molecular formula is C41H62N2. The first-order valence-electron chi connectivity index (χ1n) is 18.3. The molecule has 0 atom stereocenters. The van der Waals surface area contributed by atoms with Crippen LogP contribution >= 0.6 is 0 Å². The lowest BCUT2D eigenvalue weighted by atomic mass is 9.90. The van der Waals surface area contributed by atoms with Crippen molar-refractivity contribution < 1.29 is 4.70 Å². The summed E-state index contributed by atoms with van der Waals surface area (Å²) in [4.78, 5) is 0. The highest BCUT2D eigenvalue weighted by molar-refractivity contribution is 5.82. The molecule has 236 valence electrons. The van der Waals surface area contributed by atoms with Gasteiger partial charge >= 0.3 is 0 Å². The first-order chi connectivity index (χ1) is 21.1. The minimum Gasteiger partial charge on any atom is -0.493 e. The second-order valence-electron chi connectivity index (χ2n) is 13.0. The SMILES string of the molecule is CCCCCCCCCCC1=C(c2cccc(CCCCC)c2)[N+](=[N-])C(c2cccc(CCCCC)c2)=C1CCCCC. The minimum absolute atomic E-state index is 1.03. The maximum Gasteiger partial charge on any atom is 0.211 e. The van der Waals surface area contributed by atoms with Gasteiger partial charge in [-0.3, -0.25) is 0 Å². The van der Waals surface area contributed by atoms with Crippen molar-refractivity contribution in [1.82, 2.24) is 0 Å². The molecule has 0 N–H and O–H groups in total. The van der Waals surface area contributed by atoms with Crippen molar-refractivity contribution in [3.8, 4) is 0 Å². The first kappa shape index (κ1) is 35.0. The van der Waals surface area contributed by atoms with Gasteiger partial charge in [-0.1, -0.05) is 135 Å². The van der Waals surface area contributed by atoms with Crippen LogP contribution in [0.15, 0.2) is 59.7 Å². The second-order valence-corrected chi connectivity index (χ2v) is 13.0. The Bertz CT molecular complexity index is 1170. The first-order valence-corrected chi connectivity index (χ1v) is 18.3. The molecule has 1 aliphatic heterocycles. The van der Waals surface area contributed by atoms with E-state index >= 15 is 0 Å². The number of benzene rings is 2. The summed E-state index contributed by atoms with van der Waals surface area (Å²) in [6.07, 6.45) is 25.9. The maximum atomic E-state index is 12.1. The van der Waals surface area contributed by atoms with Crippen LogP contribution in [-0.4, -0.2) is 4.70 Å². The third-order valence-electron chi connectivity index (χ3n) is 9.21. The number of hydrogen-bond donors (Lipinski definition) is 0. The lowest BCUT2D eigenvalue weighted by Crippen LogP contribution is -2.03. The smallest absolute Gasteiger partial charge is 0.211 e. The highest BCUT2D eigenvalue weighted by Gasteiger charge is 2.35. The zero-order valence-corrected chi connectivity index (χ0v) is 28.4. The average Bonchev–Trinajstić information content (AvgIpc) is 3.29. The normalized spacial score (nSPS) is 13.5. The molecule has 0 aliphatic carbocycles. The van der Waals surface area contributed by atoms with E-state index in [0.717, 1.165) is 37.1 Å². The average molecular weight is 583 g/mol. The molecule has 0 spiro atoms. The number of rotatable bonds is 23. The van der Waals surface area contributed by atoms with E-state index in [1.54, 1.807) is 4.70 Å². The monoisotopic (exact) mass is 582 g/mol. The molecule has 2 heteroatoms. The van der Waals surface area contributed by atoms with Crippen molar-refractivity contribution in [2.75, 3.05) is 0 Å². The number of hydrogen-bond acceptors (Lipinski definition) is 0. The fourth-order valence-corrected chi connectivity index (χ4v) is 6.68. The number of nitrogens with zero attached hydrogens (tertiary/aromatic N) is 2. The van der Waals surface area contributed by atoms with E-state index in [2.05, 4.69) is 76.2 Å². The Balaban J connectivity index is 1.96. The standard InChI is InChI=1S/C41H62N2/c1-5-9-13-14-15-16-17-21-31-39-38(30-20-12-8-4)40(36-28-22-26-34(32-36)24-18-10-6-2)43(42)41(39)37-29-23-27-35(33-37)25-19-11-7-3/h22-23,26-29,32-33H,5-21,24-25,30-31H2,1-4H3. The molecule has 0 fully saturated rings. The summed E-state index contributed by atoms with van der Waals surface area (Å²) in [5.74, 6) is 0. The molecule has 2 aromatic carbocycles. The van der Waals surface area contributed by atoms with Crippen molar-refractivity contribution in [3.05, 3.63) is 87.5 Å². The molecule has 0 aromatic heterocycles. The van der Waals surface area contributed by atoms with Gasteiger partial charge < -0.3 is 5.53 Å². The molecule has 0 saturated carbocycles. The minimum atomic E-state index is 1.03. The van der Waals surface area contributed by atoms with Crippen LogP contribution < -0.4 is 0 Å². The molecular weight excluding hydrogens is 520 g/mol. The van der Waals surface area contributed by atoms with Crippen molar-refractivity contribution in [2.45, 2.75) is 163 Å². The lowest BCUT2D eigenvalue weighted by Gasteiger charge is -2.12. The van der Waals surface area contributed by atoms with Gasteiger partial charge in [0.25, 0.3) is 0 Å². The van der Waals surface area contributed by atoms with Crippen molar-refractivity contribution >= 4 is 11.4 Å². The molecule has 0 radical (unpaired) electrons. The second kappa shape index (κ2) is 20.5. The Morgan fingerprint density at radius 3 is 1.23 bits per heavy atom. The lowest BCUT2D eigenvalue weighted by molar-refractivity contribution is -0.345. The highest BCUT2D eigenvalue weighted by Crippen LogP contribution is 2.45. The van der Waals surface area contributed by atoms with Gasteiger partial charge in [0.05, 0.1) is 0 Å². The summed E-state index contributed by atoms with van der Waals surface area (Å²) in [6, 6.07) is 18.1. The largest absolute Gasteiger partial charge is 0.493 e. The van der Waals surface area contributed by atoms with Crippen molar-refractivity contribution in [1.29, 1.82) is 0 Å². The Morgan fingerprint density at radius 1 is 0.442 bits per heavy atom. The van der Waals surface area contributed by atoms with Crippen LogP contribution in [0.1, 0.15) is 172 Å². The highest BCUT2D eigenvalue weighted by atomic mass is 15.2. The Kier molecular flexibility index (Phi) is 16.7. The molecule has 1 heterocycles. The summed E-state index contributed by atoms with van der Waals surface area (Å²) < 4.78 is 1.59. The Labute approximate surface area is 265 Å². The van der Waals surface area contributed by atoms with Crippen LogP contribution in [0.2, 0.25) is 0 Å². The van der Waals surface area contributed by atoms with Gasteiger partial charge in [-0.05, 0) is 86.8 Å². The van der Waals surface area contributed by atoms with E-state index in [9.17, 15) is 5.53 Å². The van der Waals surface area contributed by atoms with Crippen LogP contribution in [0.5, 0.6) is 0 Å². The molecule has 2 aromatic rings. The fourth-order valence-electron chi connectivity index (χ4n) is 6.68. The summed E-state index contributed by atoms with van der Waals surface area (Å²) >= 11 is 0. The van der Waals surface area contributed by atoms with Gasteiger partial charge in [0.1, 0.15) is 0 Å². The van der Waals surface area contributed by atoms with Crippen LogP contribution in [0.3, 0.4) is 0 Å². The third kappa shape index (κ3) is 11.2. The van der Waals surface area contributed by atoms with E-state index in [4.69, 9.17) is 0 Å². The summed E-state index contributed by atoms with van der Waals surface area (Å²) in [5, 5.41) is 0. The molecule has 2 nitrogen and oxygen atoms in total. The van der Waals surface area contributed by atoms with E-state index in [1.807, 2.05) is 0 Å². The Hall–Kier alpha value is -2.48. The van der Waals surface area contributed by atoms with E-state index in [-0.39, 0.29) is 0 Å².